The molecule has 0 radical (unpaired) electrons. The van der Waals surface area contributed by atoms with Gasteiger partial charge in [0.15, 0.2) is 0 Å². The van der Waals surface area contributed by atoms with Crippen LogP contribution in [0.1, 0.15) is 47.6 Å². The Labute approximate surface area is 208 Å². The number of carboxylic acids is 1. The molecule has 1 aliphatic carbocycles. The molecule has 8 nitrogen and oxygen atoms in total. The van der Waals surface area contributed by atoms with Crippen LogP contribution < -0.4 is 9.73 Å². The van der Waals surface area contributed by atoms with Gasteiger partial charge in [-0.05, 0) is 49.8 Å². The van der Waals surface area contributed by atoms with E-state index < -0.39 is 32.8 Å². The normalized spacial score (nSPS) is 18.0. The minimum absolute atomic E-state index is 0.0224. The average molecular weight is 515 g/mol. The number of ether oxygens (including phenoxy) is 1. The predicted octanol–water partition coefficient (Wildman–Crippen LogP) is 3.73. The van der Waals surface area contributed by atoms with Crippen molar-refractivity contribution in [3.8, 4) is 0 Å². The van der Waals surface area contributed by atoms with Gasteiger partial charge < -0.3 is 14.4 Å². The lowest BCUT2D eigenvalue weighted by molar-refractivity contribution is 0.0694. The summed E-state index contributed by atoms with van der Waals surface area (Å²) in [4.78, 5) is 24.4. The highest BCUT2D eigenvalue weighted by atomic mass is 32.2. The van der Waals surface area contributed by atoms with Gasteiger partial charge in [0.05, 0.1) is 29.6 Å². The van der Waals surface area contributed by atoms with Gasteiger partial charge in [0.2, 0.25) is 15.5 Å². The molecule has 1 unspecified atom stereocenters. The number of benzene rings is 2. The SMILES string of the molecule is O=C(O)c1cn(C2CC2)c2cc(N(CC3CCCO3)S(=O)(=O)CCc3ccccc3)c(F)cc2c1=O. The van der Waals surface area contributed by atoms with Gasteiger partial charge in [0.1, 0.15) is 11.4 Å². The Morgan fingerprint density at radius 3 is 2.56 bits per heavy atom. The van der Waals surface area contributed by atoms with Crippen molar-refractivity contribution in [1.82, 2.24) is 4.57 Å². The third-order valence-corrected chi connectivity index (χ3v) is 8.50. The summed E-state index contributed by atoms with van der Waals surface area (Å²) in [5.41, 5.74) is -0.228. The molecule has 0 amide bonds. The van der Waals surface area contributed by atoms with Crippen LogP contribution >= 0.6 is 0 Å². The van der Waals surface area contributed by atoms with E-state index in [9.17, 15) is 23.1 Å². The van der Waals surface area contributed by atoms with Crippen molar-refractivity contribution in [2.45, 2.75) is 44.2 Å². The number of anilines is 1. The van der Waals surface area contributed by atoms with Crippen molar-refractivity contribution in [2.24, 2.45) is 0 Å². The zero-order chi connectivity index (χ0) is 25.4. The molecular formula is C26H27FN2O6S. The van der Waals surface area contributed by atoms with E-state index in [1.165, 1.54) is 12.3 Å². The van der Waals surface area contributed by atoms with Crippen LogP contribution in [-0.2, 0) is 21.2 Å². The third-order valence-electron chi connectivity index (χ3n) is 6.76. The minimum Gasteiger partial charge on any atom is -0.477 e. The number of hydrogen-bond acceptors (Lipinski definition) is 5. The summed E-state index contributed by atoms with van der Waals surface area (Å²) in [5, 5.41) is 9.39. The smallest absolute Gasteiger partial charge is 0.341 e. The second-order valence-electron chi connectivity index (χ2n) is 9.35. The van der Waals surface area contributed by atoms with Crippen molar-refractivity contribution in [3.63, 3.8) is 0 Å². The number of hydrogen-bond donors (Lipinski definition) is 1. The number of rotatable bonds is 9. The Morgan fingerprint density at radius 1 is 1.17 bits per heavy atom. The molecule has 2 aromatic carbocycles. The summed E-state index contributed by atoms with van der Waals surface area (Å²) in [6.07, 6.45) is 4.20. The fraction of sp³-hybridized carbons (Fsp3) is 0.385. The minimum atomic E-state index is -3.97. The fourth-order valence-electron chi connectivity index (χ4n) is 4.69. The molecule has 0 bridgehead atoms. The second-order valence-corrected chi connectivity index (χ2v) is 11.4. The van der Waals surface area contributed by atoms with Gasteiger partial charge in [-0.1, -0.05) is 30.3 Å². The number of aryl methyl sites for hydroxylation is 1. The Balaban J connectivity index is 1.60. The number of carboxylic acid groups (broad SMARTS) is 1. The maximum atomic E-state index is 15.6. The van der Waals surface area contributed by atoms with Crippen molar-refractivity contribution in [2.75, 3.05) is 23.2 Å². The van der Waals surface area contributed by atoms with Crippen LogP contribution in [0.25, 0.3) is 10.9 Å². The molecular weight excluding hydrogens is 487 g/mol. The van der Waals surface area contributed by atoms with Crippen LogP contribution in [0.15, 0.2) is 53.5 Å². The quantitative estimate of drug-likeness (QED) is 0.467. The lowest BCUT2D eigenvalue weighted by Crippen LogP contribution is -2.40. The van der Waals surface area contributed by atoms with Crippen molar-refractivity contribution in [3.05, 3.63) is 75.8 Å². The highest BCUT2D eigenvalue weighted by Gasteiger charge is 2.32. The Morgan fingerprint density at radius 2 is 1.92 bits per heavy atom. The van der Waals surface area contributed by atoms with Gasteiger partial charge in [-0.2, -0.15) is 0 Å². The van der Waals surface area contributed by atoms with Crippen LogP contribution in [-0.4, -0.2) is 49.1 Å². The molecule has 2 fully saturated rings. The molecule has 0 spiro atoms. The largest absolute Gasteiger partial charge is 0.477 e. The lowest BCUT2D eigenvalue weighted by Gasteiger charge is -2.28. The summed E-state index contributed by atoms with van der Waals surface area (Å²) in [6, 6.07) is 11.5. The van der Waals surface area contributed by atoms with E-state index in [0.717, 1.165) is 35.2 Å². The number of sulfonamides is 1. The predicted molar refractivity (Wildman–Crippen MR) is 134 cm³/mol. The van der Waals surface area contributed by atoms with Crippen LogP contribution in [0.3, 0.4) is 0 Å². The van der Waals surface area contributed by atoms with Gasteiger partial charge in [-0.3, -0.25) is 9.10 Å². The van der Waals surface area contributed by atoms with Gasteiger partial charge in [0.25, 0.3) is 0 Å². The molecule has 1 atom stereocenters. The highest BCUT2D eigenvalue weighted by Crippen LogP contribution is 2.38. The molecule has 5 rings (SSSR count). The topological polar surface area (TPSA) is 106 Å². The van der Waals surface area contributed by atoms with Crippen LogP contribution in [0.4, 0.5) is 10.1 Å². The van der Waals surface area contributed by atoms with Crippen LogP contribution in [0, 0.1) is 5.82 Å². The Hall–Kier alpha value is -3.24. The maximum absolute atomic E-state index is 15.6. The van der Waals surface area contributed by atoms with Crippen molar-refractivity contribution < 1.29 is 27.4 Å². The summed E-state index contributed by atoms with van der Waals surface area (Å²) < 4.78 is 51.1. The first kappa shape index (κ1) is 24.5. The van der Waals surface area contributed by atoms with Gasteiger partial charge in [-0.25, -0.2) is 17.6 Å². The van der Waals surface area contributed by atoms with E-state index in [0.29, 0.717) is 18.5 Å². The van der Waals surface area contributed by atoms with Gasteiger partial charge in [-0.15, -0.1) is 0 Å². The molecule has 1 aliphatic heterocycles. The molecule has 10 heteroatoms. The second kappa shape index (κ2) is 9.67. The highest BCUT2D eigenvalue weighted by molar-refractivity contribution is 7.92. The summed E-state index contributed by atoms with van der Waals surface area (Å²) >= 11 is 0. The fourth-order valence-corrected chi connectivity index (χ4v) is 6.24. The molecule has 1 aromatic heterocycles. The van der Waals surface area contributed by atoms with Gasteiger partial charge >= 0.3 is 5.97 Å². The van der Waals surface area contributed by atoms with E-state index in [1.807, 2.05) is 30.3 Å². The average Bonchev–Trinajstić information content (AvgIpc) is 3.57. The Kier molecular flexibility index (Phi) is 6.57. The third kappa shape index (κ3) is 4.87. The van der Waals surface area contributed by atoms with E-state index in [2.05, 4.69) is 0 Å². The maximum Gasteiger partial charge on any atom is 0.341 e. The first-order valence-corrected chi connectivity index (χ1v) is 13.6. The Bertz CT molecular complexity index is 1460. The molecule has 1 N–H and O–H groups in total. The molecule has 36 heavy (non-hydrogen) atoms. The summed E-state index contributed by atoms with van der Waals surface area (Å²) in [7, 11) is -3.97. The standard InChI is InChI=1S/C26H27FN2O6S/c27-22-13-20-23(28(18-8-9-18)16-21(25(20)30)26(31)32)14-24(22)29(15-19-7-4-11-35-19)36(33,34)12-10-17-5-2-1-3-6-17/h1-3,5-6,13-14,16,18-19H,4,7-12,15H2,(H,31,32). The van der Waals surface area contributed by atoms with E-state index >= 15 is 4.39 Å². The van der Waals surface area contributed by atoms with Crippen molar-refractivity contribution >= 4 is 32.6 Å². The van der Waals surface area contributed by atoms with Crippen LogP contribution in [0.2, 0.25) is 0 Å². The number of halogens is 1. The lowest BCUT2D eigenvalue weighted by atomic mass is 10.1. The summed E-state index contributed by atoms with van der Waals surface area (Å²) in [6.45, 7) is 0.475. The number of aromatic nitrogens is 1. The number of pyridine rings is 1. The number of nitrogens with zero attached hydrogens (tertiary/aromatic N) is 2. The number of fused-ring (bicyclic) bond motifs is 1. The molecule has 2 heterocycles. The molecule has 190 valence electrons. The molecule has 1 saturated carbocycles. The molecule has 3 aromatic rings. The molecule has 1 saturated heterocycles. The zero-order valence-corrected chi connectivity index (χ0v) is 20.4. The van der Waals surface area contributed by atoms with E-state index in [-0.39, 0.29) is 41.9 Å². The monoisotopic (exact) mass is 514 g/mol. The molecule has 2 aliphatic rings. The zero-order valence-electron chi connectivity index (χ0n) is 19.6. The van der Waals surface area contributed by atoms with Crippen LogP contribution in [0.5, 0.6) is 0 Å². The van der Waals surface area contributed by atoms with Crippen molar-refractivity contribution in [1.29, 1.82) is 0 Å². The van der Waals surface area contributed by atoms with Gasteiger partial charge in [0, 0.05) is 24.2 Å². The van der Waals surface area contributed by atoms with E-state index in [4.69, 9.17) is 4.74 Å². The first-order valence-electron chi connectivity index (χ1n) is 12.0. The summed E-state index contributed by atoms with van der Waals surface area (Å²) in [5.74, 6) is -2.51. The number of carbonyl (C=O) groups is 1. The first-order chi connectivity index (χ1) is 17.2. The van der Waals surface area contributed by atoms with E-state index in [1.54, 1.807) is 4.57 Å². The number of aromatic carboxylic acids is 1.